The smallest absolute Gasteiger partial charge is 0.407 e. The lowest BCUT2D eigenvalue weighted by Gasteiger charge is -2.34. The second kappa shape index (κ2) is 7.38. The molecule has 1 aliphatic heterocycles. The SMILES string of the molecule is CC(C)(C)OC(=O)NC1CCN(c2ccc([N+](=O)[O-])cc2Br)CC1. The Bertz CT molecular complexity index is 622. The molecule has 7 nitrogen and oxygen atoms in total. The lowest BCUT2D eigenvalue weighted by Crippen LogP contribution is -2.46. The fourth-order valence-corrected chi connectivity index (χ4v) is 3.22. The maximum Gasteiger partial charge on any atom is 0.407 e. The minimum absolute atomic E-state index is 0.0621. The highest BCUT2D eigenvalue weighted by Gasteiger charge is 2.25. The first-order valence-corrected chi connectivity index (χ1v) is 8.63. The van der Waals surface area contributed by atoms with Crippen molar-refractivity contribution in [1.82, 2.24) is 5.32 Å². The van der Waals surface area contributed by atoms with Gasteiger partial charge in [0, 0.05) is 35.7 Å². The van der Waals surface area contributed by atoms with Crippen LogP contribution in [-0.4, -0.2) is 35.7 Å². The van der Waals surface area contributed by atoms with Crippen LogP contribution < -0.4 is 10.2 Å². The highest BCUT2D eigenvalue weighted by atomic mass is 79.9. The number of rotatable bonds is 3. The second-order valence-electron chi connectivity index (χ2n) is 6.80. The standard InChI is InChI=1S/C16H22BrN3O4/c1-16(2,3)24-15(21)18-11-6-8-19(9-7-11)14-5-4-12(20(22)23)10-13(14)17/h4-5,10-11H,6-9H2,1-3H3,(H,18,21). The number of carbonyl (C=O) groups excluding carboxylic acids is 1. The fourth-order valence-electron chi connectivity index (χ4n) is 2.60. The topological polar surface area (TPSA) is 84.7 Å². The summed E-state index contributed by atoms with van der Waals surface area (Å²) >= 11 is 3.40. The van der Waals surface area contributed by atoms with Crippen LogP contribution in [0.5, 0.6) is 0 Å². The molecule has 1 aromatic carbocycles. The average molecular weight is 400 g/mol. The molecule has 0 atom stereocenters. The van der Waals surface area contributed by atoms with Crippen molar-refractivity contribution in [3.8, 4) is 0 Å². The van der Waals surface area contributed by atoms with E-state index in [9.17, 15) is 14.9 Å². The first-order chi connectivity index (χ1) is 11.2. The second-order valence-corrected chi connectivity index (χ2v) is 7.65. The Morgan fingerprint density at radius 2 is 2.00 bits per heavy atom. The van der Waals surface area contributed by atoms with Gasteiger partial charge in [0.25, 0.3) is 5.69 Å². The van der Waals surface area contributed by atoms with Gasteiger partial charge in [0.05, 0.1) is 10.6 Å². The Labute approximate surface area is 149 Å². The van der Waals surface area contributed by atoms with E-state index in [4.69, 9.17) is 4.74 Å². The van der Waals surface area contributed by atoms with Crippen molar-refractivity contribution in [2.75, 3.05) is 18.0 Å². The van der Waals surface area contributed by atoms with E-state index >= 15 is 0 Å². The molecule has 8 heteroatoms. The molecule has 0 bridgehead atoms. The molecular weight excluding hydrogens is 378 g/mol. The number of ether oxygens (including phenoxy) is 1. The van der Waals surface area contributed by atoms with Crippen LogP contribution in [0.1, 0.15) is 33.6 Å². The number of amides is 1. The fraction of sp³-hybridized carbons (Fsp3) is 0.562. The Morgan fingerprint density at radius 1 is 1.38 bits per heavy atom. The number of nitrogens with zero attached hydrogens (tertiary/aromatic N) is 2. The third-order valence-electron chi connectivity index (χ3n) is 3.70. The van der Waals surface area contributed by atoms with Gasteiger partial charge < -0.3 is 15.0 Å². The number of nitrogens with one attached hydrogen (secondary N) is 1. The molecule has 0 unspecified atom stereocenters. The molecule has 0 aliphatic carbocycles. The predicted octanol–water partition coefficient (Wildman–Crippen LogP) is 3.85. The zero-order chi connectivity index (χ0) is 17.9. The molecular formula is C16H22BrN3O4. The molecule has 1 N–H and O–H groups in total. The van der Waals surface area contributed by atoms with E-state index in [2.05, 4.69) is 26.1 Å². The quantitative estimate of drug-likeness (QED) is 0.616. The molecule has 1 aliphatic rings. The van der Waals surface area contributed by atoms with Gasteiger partial charge >= 0.3 is 6.09 Å². The molecule has 24 heavy (non-hydrogen) atoms. The number of carbonyl (C=O) groups is 1. The molecule has 1 aromatic rings. The molecule has 2 rings (SSSR count). The highest BCUT2D eigenvalue weighted by Crippen LogP contribution is 2.31. The number of piperidine rings is 1. The van der Waals surface area contributed by atoms with Gasteiger partial charge in [-0.05, 0) is 55.6 Å². The molecule has 1 heterocycles. The van der Waals surface area contributed by atoms with Gasteiger partial charge in [0.2, 0.25) is 0 Å². The monoisotopic (exact) mass is 399 g/mol. The van der Waals surface area contributed by atoms with Gasteiger partial charge in [-0.3, -0.25) is 10.1 Å². The predicted molar refractivity (Wildman–Crippen MR) is 95.4 cm³/mol. The van der Waals surface area contributed by atoms with Crippen molar-refractivity contribution < 1.29 is 14.5 Å². The number of non-ortho nitro benzene ring substituents is 1. The Hall–Kier alpha value is -1.83. The van der Waals surface area contributed by atoms with E-state index in [1.807, 2.05) is 20.8 Å². The summed E-state index contributed by atoms with van der Waals surface area (Å²) in [5.74, 6) is 0. The van der Waals surface area contributed by atoms with Crippen LogP contribution in [0.25, 0.3) is 0 Å². The normalized spacial score (nSPS) is 15.9. The molecule has 1 amide bonds. The number of anilines is 1. The molecule has 0 radical (unpaired) electrons. The summed E-state index contributed by atoms with van der Waals surface area (Å²) in [4.78, 5) is 24.4. The molecule has 132 valence electrons. The maximum atomic E-state index is 11.8. The number of halogens is 1. The number of alkyl carbamates (subject to hydrolysis) is 1. The van der Waals surface area contributed by atoms with Crippen LogP contribution in [0, 0.1) is 10.1 Å². The Morgan fingerprint density at radius 3 is 2.50 bits per heavy atom. The van der Waals surface area contributed by atoms with Crippen molar-refractivity contribution in [3.05, 3.63) is 32.8 Å². The average Bonchev–Trinajstić information content (AvgIpc) is 2.46. The number of hydrogen-bond acceptors (Lipinski definition) is 5. The first kappa shape index (κ1) is 18.5. The number of benzene rings is 1. The third kappa shape index (κ3) is 5.09. The van der Waals surface area contributed by atoms with Crippen molar-refractivity contribution in [2.45, 2.75) is 45.3 Å². The molecule has 1 saturated heterocycles. The van der Waals surface area contributed by atoms with E-state index in [1.165, 1.54) is 12.1 Å². The minimum atomic E-state index is -0.506. The van der Waals surface area contributed by atoms with Crippen LogP contribution in [-0.2, 0) is 4.74 Å². The lowest BCUT2D eigenvalue weighted by molar-refractivity contribution is -0.384. The molecule has 1 fully saturated rings. The van der Waals surface area contributed by atoms with Gasteiger partial charge in [-0.1, -0.05) is 0 Å². The van der Waals surface area contributed by atoms with Gasteiger partial charge in [0.15, 0.2) is 0 Å². The van der Waals surface area contributed by atoms with Crippen molar-refractivity contribution in [3.63, 3.8) is 0 Å². The van der Waals surface area contributed by atoms with Crippen LogP contribution in [0.3, 0.4) is 0 Å². The van der Waals surface area contributed by atoms with Crippen LogP contribution in [0.2, 0.25) is 0 Å². The Kier molecular flexibility index (Phi) is 5.69. The molecule has 0 saturated carbocycles. The zero-order valence-corrected chi connectivity index (χ0v) is 15.6. The number of nitro groups is 1. The van der Waals surface area contributed by atoms with Gasteiger partial charge in [-0.15, -0.1) is 0 Å². The van der Waals surface area contributed by atoms with E-state index in [-0.39, 0.29) is 11.7 Å². The van der Waals surface area contributed by atoms with Gasteiger partial charge in [-0.2, -0.15) is 0 Å². The van der Waals surface area contributed by atoms with E-state index in [0.29, 0.717) is 4.47 Å². The summed E-state index contributed by atoms with van der Waals surface area (Å²) < 4.78 is 5.98. The summed E-state index contributed by atoms with van der Waals surface area (Å²) in [6.45, 7) is 7.03. The summed E-state index contributed by atoms with van der Waals surface area (Å²) in [7, 11) is 0. The number of nitro benzene ring substituents is 1. The van der Waals surface area contributed by atoms with Crippen LogP contribution in [0.15, 0.2) is 22.7 Å². The van der Waals surface area contributed by atoms with Crippen molar-refractivity contribution in [1.29, 1.82) is 0 Å². The van der Waals surface area contributed by atoms with Crippen molar-refractivity contribution >= 4 is 33.4 Å². The first-order valence-electron chi connectivity index (χ1n) is 7.84. The molecule has 0 aromatic heterocycles. The lowest BCUT2D eigenvalue weighted by atomic mass is 10.0. The zero-order valence-electron chi connectivity index (χ0n) is 14.0. The maximum absolute atomic E-state index is 11.8. The summed E-state index contributed by atoms with van der Waals surface area (Å²) in [5, 5.41) is 13.7. The Balaban J connectivity index is 1.91. The van der Waals surface area contributed by atoms with Crippen molar-refractivity contribution in [2.24, 2.45) is 0 Å². The molecule has 0 spiro atoms. The largest absolute Gasteiger partial charge is 0.444 e. The highest BCUT2D eigenvalue weighted by molar-refractivity contribution is 9.10. The summed E-state index contributed by atoms with van der Waals surface area (Å²) in [6, 6.07) is 4.85. The minimum Gasteiger partial charge on any atom is -0.444 e. The third-order valence-corrected chi connectivity index (χ3v) is 4.33. The summed E-state index contributed by atoms with van der Waals surface area (Å²) in [5.41, 5.74) is 0.484. The van der Waals surface area contributed by atoms with Gasteiger partial charge in [0.1, 0.15) is 5.60 Å². The van der Waals surface area contributed by atoms with Gasteiger partial charge in [-0.25, -0.2) is 4.79 Å². The summed E-state index contributed by atoms with van der Waals surface area (Å²) in [6.07, 6.45) is 1.20. The van der Waals surface area contributed by atoms with Crippen LogP contribution >= 0.6 is 15.9 Å². The van der Waals surface area contributed by atoms with Crippen LogP contribution in [0.4, 0.5) is 16.2 Å². The van der Waals surface area contributed by atoms with E-state index < -0.39 is 16.6 Å². The number of hydrogen-bond donors (Lipinski definition) is 1. The van der Waals surface area contributed by atoms with E-state index in [0.717, 1.165) is 31.6 Å². The van der Waals surface area contributed by atoms with E-state index in [1.54, 1.807) is 6.07 Å².